The maximum absolute atomic E-state index is 10.9. The molecule has 0 aromatic rings. The van der Waals surface area contributed by atoms with Crippen LogP contribution in [0.1, 0.15) is 12.8 Å². The average molecular weight is 254 g/mol. The van der Waals surface area contributed by atoms with E-state index in [4.69, 9.17) is 10.2 Å². The second-order valence-corrected chi connectivity index (χ2v) is 4.00. The molecule has 0 saturated carbocycles. The third kappa shape index (κ3) is 3.58. The van der Waals surface area contributed by atoms with Crippen molar-refractivity contribution in [3.63, 3.8) is 0 Å². The van der Waals surface area contributed by atoms with Gasteiger partial charge >= 0.3 is 11.9 Å². The molecule has 0 aliphatic rings. The number of carbonyl (C=O) groups is 2. The van der Waals surface area contributed by atoms with E-state index in [1.807, 2.05) is 0 Å². The second-order valence-electron chi connectivity index (χ2n) is 3.11. The molecule has 5 nitrogen and oxygen atoms in total. The molecule has 0 aliphatic carbocycles. The number of aliphatic hydroxyl groups is 1. The van der Waals surface area contributed by atoms with Gasteiger partial charge in [-0.3, -0.25) is 4.79 Å². The summed E-state index contributed by atoms with van der Waals surface area (Å²) < 4.78 is 0. The predicted octanol–water partition coefficient (Wildman–Crippen LogP) is 0.143. The molecule has 2 atom stereocenters. The Morgan fingerprint density at radius 2 is 1.73 bits per heavy atom. The summed E-state index contributed by atoms with van der Waals surface area (Å²) in [6.45, 7) is 0. The molecule has 15 heavy (non-hydrogen) atoms. The number of carboxylic acids is 2. The molecule has 0 fully saturated rings. The number of thiol groups is 2. The van der Waals surface area contributed by atoms with Crippen LogP contribution in [0, 0.1) is 5.92 Å². The Bertz CT molecular complexity index is 245. The Hall–Kier alpha value is -0.400. The van der Waals surface area contributed by atoms with Gasteiger partial charge in [0.15, 0.2) is 5.60 Å². The highest BCUT2D eigenvalue weighted by Crippen LogP contribution is 2.26. The number of carboxylic acid groups (broad SMARTS) is 2. The Labute approximate surface area is 98.3 Å². The molecule has 0 rings (SSSR count). The number of aliphatic carboxylic acids is 2. The number of hydrogen-bond donors (Lipinski definition) is 5. The van der Waals surface area contributed by atoms with Crippen LogP contribution in [0.25, 0.3) is 0 Å². The quantitative estimate of drug-likeness (QED) is 0.417. The average Bonchev–Trinajstić information content (AvgIpc) is 2.13. The van der Waals surface area contributed by atoms with Gasteiger partial charge in [-0.2, -0.15) is 25.3 Å². The summed E-state index contributed by atoms with van der Waals surface area (Å²) in [6.07, 6.45) is -0.217. The molecule has 0 heterocycles. The Morgan fingerprint density at radius 1 is 1.20 bits per heavy atom. The van der Waals surface area contributed by atoms with Crippen LogP contribution in [0.4, 0.5) is 0 Å². The first-order chi connectivity index (χ1) is 6.90. The zero-order valence-electron chi connectivity index (χ0n) is 7.96. The summed E-state index contributed by atoms with van der Waals surface area (Å²) in [5.41, 5.74) is -2.27. The minimum absolute atomic E-state index is 0.00494. The van der Waals surface area contributed by atoms with Crippen molar-refractivity contribution in [2.24, 2.45) is 5.92 Å². The molecule has 0 aromatic heterocycles. The number of hydrogen-bond acceptors (Lipinski definition) is 5. The van der Waals surface area contributed by atoms with Crippen molar-refractivity contribution in [3.05, 3.63) is 0 Å². The van der Waals surface area contributed by atoms with Crippen molar-refractivity contribution < 1.29 is 24.9 Å². The minimum Gasteiger partial charge on any atom is -0.481 e. The Morgan fingerprint density at radius 3 is 2.00 bits per heavy atom. The van der Waals surface area contributed by atoms with E-state index in [-0.39, 0.29) is 24.3 Å². The largest absolute Gasteiger partial charge is 0.481 e. The molecule has 3 N–H and O–H groups in total. The first kappa shape index (κ1) is 14.6. The lowest BCUT2D eigenvalue weighted by molar-refractivity contribution is -0.174. The van der Waals surface area contributed by atoms with Crippen LogP contribution < -0.4 is 0 Å². The van der Waals surface area contributed by atoms with E-state index in [0.717, 1.165) is 0 Å². The molecule has 0 bridgehead atoms. The lowest BCUT2D eigenvalue weighted by Gasteiger charge is -2.28. The summed E-state index contributed by atoms with van der Waals surface area (Å²) in [5.74, 6) is -3.95. The number of rotatable bonds is 7. The first-order valence-electron chi connectivity index (χ1n) is 4.30. The zero-order valence-corrected chi connectivity index (χ0v) is 9.75. The van der Waals surface area contributed by atoms with Gasteiger partial charge in [-0.25, -0.2) is 4.79 Å². The molecule has 0 amide bonds. The van der Waals surface area contributed by atoms with Crippen molar-refractivity contribution in [1.82, 2.24) is 0 Å². The molecule has 0 aromatic carbocycles. The molecule has 0 aliphatic heterocycles. The first-order valence-corrected chi connectivity index (χ1v) is 5.57. The van der Waals surface area contributed by atoms with Gasteiger partial charge in [0, 0.05) is 0 Å². The maximum atomic E-state index is 10.9. The van der Waals surface area contributed by atoms with E-state index in [0.29, 0.717) is 0 Å². The van der Waals surface area contributed by atoms with Gasteiger partial charge in [-0.15, -0.1) is 0 Å². The lowest BCUT2D eigenvalue weighted by atomic mass is 9.83. The van der Waals surface area contributed by atoms with E-state index < -0.39 is 23.5 Å². The van der Waals surface area contributed by atoms with Gasteiger partial charge in [0.05, 0.1) is 5.92 Å². The molecular weight excluding hydrogens is 240 g/mol. The fourth-order valence-corrected chi connectivity index (χ4v) is 1.90. The predicted molar refractivity (Wildman–Crippen MR) is 60.7 cm³/mol. The van der Waals surface area contributed by atoms with Crippen molar-refractivity contribution >= 4 is 37.2 Å². The highest BCUT2D eigenvalue weighted by atomic mass is 32.1. The molecular formula is C8H14O5S2. The van der Waals surface area contributed by atoms with Crippen LogP contribution in [-0.2, 0) is 9.59 Å². The lowest BCUT2D eigenvalue weighted by Crippen LogP contribution is -2.49. The highest BCUT2D eigenvalue weighted by molar-refractivity contribution is 7.80. The van der Waals surface area contributed by atoms with Crippen LogP contribution in [0.2, 0.25) is 0 Å². The van der Waals surface area contributed by atoms with E-state index >= 15 is 0 Å². The Balaban J connectivity index is 4.98. The van der Waals surface area contributed by atoms with Gasteiger partial charge in [-0.1, -0.05) is 0 Å². The zero-order chi connectivity index (χ0) is 12.1. The third-order valence-corrected chi connectivity index (χ3v) is 2.64. The monoisotopic (exact) mass is 254 g/mol. The fourth-order valence-electron chi connectivity index (χ4n) is 1.30. The third-order valence-electron chi connectivity index (χ3n) is 2.16. The molecule has 88 valence electrons. The second kappa shape index (κ2) is 6.24. The van der Waals surface area contributed by atoms with Crippen molar-refractivity contribution in [3.8, 4) is 0 Å². The van der Waals surface area contributed by atoms with E-state index in [9.17, 15) is 14.7 Å². The van der Waals surface area contributed by atoms with Gasteiger partial charge in [0.25, 0.3) is 0 Å². The smallest absolute Gasteiger partial charge is 0.336 e. The van der Waals surface area contributed by atoms with E-state index in [1.165, 1.54) is 0 Å². The Kier molecular flexibility index (Phi) is 6.07. The SMILES string of the molecule is O=C(O)C(CCS)C(O)(CCS)C(=O)O. The van der Waals surface area contributed by atoms with Crippen LogP contribution in [-0.4, -0.2) is 44.4 Å². The van der Waals surface area contributed by atoms with Crippen LogP contribution >= 0.6 is 25.3 Å². The van der Waals surface area contributed by atoms with Crippen molar-refractivity contribution in [2.75, 3.05) is 11.5 Å². The summed E-state index contributed by atoms with van der Waals surface area (Å²) >= 11 is 7.64. The van der Waals surface area contributed by atoms with Crippen molar-refractivity contribution in [1.29, 1.82) is 0 Å². The van der Waals surface area contributed by atoms with Crippen LogP contribution in [0.5, 0.6) is 0 Å². The highest BCUT2D eigenvalue weighted by Gasteiger charge is 2.47. The normalized spacial score (nSPS) is 16.7. The van der Waals surface area contributed by atoms with Gasteiger partial charge < -0.3 is 15.3 Å². The fraction of sp³-hybridized carbons (Fsp3) is 0.750. The van der Waals surface area contributed by atoms with Gasteiger partial charge in [0.1, 0.15) is 0 Å². The molecule has 0 radical (unpaired) electrons. The topological polar surface area (TPSA) is 94.8 Å². The van der Waals surface area contributed by atoms with Crippen molar-refractivity contribution in [2.45, 2.75) is 18.4 Å². The maximum Gasteiger partial charge on any atom is 0.336 e. The van der Waals surface area contributed by atoms with Crippen LogP contribution in [0.15, 0.2) is 0 Å². The standard InChI is InChI=1S/C8H14O5S2/c9-6(10)5(1-3-14)8(13,2-4-15)7(11)12/h5,13-15H,1-4H2,(H,9,10)(H,11,12). The molecule has 0 spiro atoms. The molecule has 2 unspecified atom stereocenters. The van der Waals surface area contributed by atoms with Crippen LogP contribution in [0.3, 0.4) is 0 Å². The summed E-state index contributed by atoms with van der Waals surface area (Å²) in [4.78, 5) is 21.7. The van der Waals surface area contributed by atoms with Gasteiger partial charge in [0.2, 0.25) is 0 Å². The molecule has 0 saturated heterocycles. The van der Waals surface area contributed by atoms with Gasteiger partial charge in [-0.05, 0) is 24.3 Å². The minimum atomic E-state index is -2.27. The molecule has 7 heteroatoms. The summed E-state index contributed by atoms with van der Waals surface area (Å²) in [7, 11) is 0. The van der Waals surface area contributed by atoms with E-state index in [2.05, 4.69) is 25.3 Å². The summed E-state index contributed by atoms with van der Waals surface area (Å²) in [6, 6.07) is 0. The van der Waals surface area contributed by atoms with E-state index in [1.54, 1.807) is 0 Å². The summed E-state index contributed by atoms with van der Waals surface area (Å²) in [5, 5.41) is 27.5.